The smallest absolute Gasteiger partial charge is 0.330 e. The molecule has 0 heterocycles. The first-order valence-electron chi connectivity index (χ1n) is 8.85. The van der Waals surface area contributed by atoms with E-state index in [9.17, 15) is 4.79 Å². The van der Waals surface area contributed by atoms with Gasteiger partial charge < -0.3 is 19.3 Å². The molecular weight excluding hydrogens is 364 g/mol. The van der Waals surface area contributed by atoms with Crippen molar-refractivity contribution in [2.45, 2.75) is 39.3 Å². The van der Waals surface area contributed by atoms with Crippen LogP contribution in [0.15, 0.2) is 24.8 Å². The van der Waals surface area contributed by atoms with Gasteiger partial charge in [0, 0.05) is 6.08 Å². The summed E-state index contributed by atoms with van der Waals surface area (Å²) in [5.74, 6) is 1.24. The normalized spacial score (nSPS) is 11.8. The highest BCUT2D eigenvalue weighted by atomic mass is 28.3. The summed E-state index contributed by atoms with van der Waals surface area (Å²) in [6, 6.07) is 4.17. The fraction of sp³-hybridized carbons (Fsp3) is 0.526. The first kappa shape index (κ1) is 22.5. The predicted octanol–water partition coefficient (Wildman–Crippen LogP) is 2.26. The molecule has 0 radical (unpaired) electrons. The molecule has 0 spiro atoms. The van der Waals surface area contributed by atoms with E-state index in [1.54, 1.807) is 0 Å². The Labute approximate surface area is 159 Å². The summed E-state index contributed by atoms with van der Waals surface area (Å²) in [6.45, 7) is 17.6. The van der Waals surface area contributed by atoms with Crippen molar-refractivity contribution < 1.29 is 24.1 Å². The van der Waals surface area contributed by atoms with Crippen LogP contribution in [0.1, 0.15) is 0 Å². The van der Waals surface area contributed by atoms with Crippen LogP contribution >= 0.6 is 0 Å². The van der Waals surface area contributed by atoms with E-state index >= 15 is 0 Å². The topological polar surface area (TPSA) is 65.0 Å². The first-order chi connectivity index (χ1) is 12.0. The van der Waals surface area contributed by atoms with Gasteiger partial charge >= 0.3 is 5.97 Å². The summed E-state index contributed by atoms with van der Waals surface area (Å²) in [5, 5.41) is 11.4. The largest absolute Gasteiger partial charge is 0.491 e. The van der Waals surface area contributed by atoms with Gasteiger partial charge in [0.15, 0.2) is 0 Å². The van der Waals surface area contributed by atoms with Crippen molar-refractivity contribution >= 4 is 32.5 Å². The van der Waals surface area contributed by atoms with Crippen LogP contribution in [0, 0.1) is 0 Å². The fourth-order valence-electron chi connectivity index (χ4n) is 2.48. The quantitative estimate of drug-likeness (QED) is 0.284. The van der Waals surface area contributed by atoms with Gasteiger partial charge in [-0.3, -0.25) is 0 Å². The van der Waals surface area contributed by atoms with E-state index in [1.807, 2.05) is 0 Å². The second kappa shape index (κ2) is 9.39. The fourth-order valence-corrected chi connectivity index (χ4v) is 5.37. The second-order valence-electron chi connectivity index (χ2n) is 8.14. The zero-order valence-electron chi connectivity index (χ0n) is 16.8. The number of rotatable bonds is 10. The van der Waals surface area contributed by atoms with Gasteiger partial charge in [0.2, 0.25) is 0 Å². The van der Waals surface area contributed by atoms with Gasteiger partial charge in [-0.05, 0) is 22.5 Å². The highest BCUT2D eigenvalue weighted by Crippen LogP contribution is 2.22. The molecule has 0 aromatic heterocycles. The summed E-state index contributed by atoms with van der Waals surface area (Å²) in [7, 11) is -3.38. The van der Waals surface area contributed by atoms with Crippen LogP contribution < -0.4 is 19.8 Å². The van der Waals surface area contributed by atoms with E-state index in [0.717, 1.165) is 27.9 Å². The Morgan fingerprint density at radius 2 is 1.42 bits per heavy atom. The molecule has 0 saturated heterocycles. The van der Waals surface area contributed by atoms with Crippen LogP contribution in [-0.2, 0) is 9.53 Å². The maximum atomic E-state index is 11.2. The molecule has 7 heteroatoms. The minimum atomic E-state index is -1.70. The molecule has 1 aromatic carbocycles. The molecule has 0 aliphatic heterocycles. The third kappa shape index (κ3) is 6.62. The van der Waals surface area contributed by atoms with Gasteiger partial charge in [0.25, 0.3) is 0 Å². The molecule has 0 saturated carbocycles. The van der Waals surface area contributed by atoms with Crippen LogP contribution in [-0.4, -0.2) is 53.7 Å². The predicted molar refractivity (Wildman–Crippen MR) is 112 cm³/mol. The van der Waals surface area contributed by atoms with Crippen LogP contribution in [0.3, 0.4) is 0 Å². The minimum Gasteiger partial charge on any atom is -0.491 e. The molecular formula is C19H32O5Si2. The molecule has 26 heavy (non-hydrogen) atoms. The van der Waals surface area contributed by atoms with Gasteiger partial charge in [-0.15, -0.1) is 0 Å². The van der Waals surface area contributed by atoms with Gasteiger partial charge in [0.05, 0.1) is 22.8 Å². The molecule has 0 atom stereocenters. The van der Waals surface area contributed by atoms with Crippen LogP contribution in [0.25, 0.3) is 0 Å². The third-order valence-electron chi connectivity index (χ3n) is 3.80. The highest BCUT2D eigenvalue weighted by molar-refractivity contribution is 6.91. The number of benzene rings is 1. The summed E-state index contributed by atoms with van der Waals surface area (Å²) >= 11 is 0. The third-order valence-corrected chi connectivity index (χ3v) is 7.81. The van der Waals surface area contributed by atoms with Crippen LogP contribution in [0.5, 0.6) is 11.5 Å². The van der Waals surface area contributed by atoms with Crippen molar-refractivity contribution in [3.63, 3.8) is 0 Å². The number of esters is 1. The number of hydrogen-bond acceptors (Lipinski definition) is 5. The van der Waals surface area contributed by atoms with Crippen LogP contribution in [0.2, 0.25) is 39.3 Å². The maximum absolute atomic E-state index is 11.2. The lowest BCUT2D eigenvalue weighted by molar-refractivity contribution is -0.138. The van der Waals surface area contributed by atoms with Gasteiger partial charge in [-0.1, -0.05) is 45.9 Å². The lowest BCUT2D eigenvalue weighted by atomic mass is 10.3. The van der Waals surface area contributed by atoms with E-state index in [-0.39, 0.29) is 19.8 Å². The lowest BCUT2D eigenvalue weighted by Gasteiger charge is -2.27. The molecule has 146 valence electrons. The summed E-state index contributed by atoms with van der Waals surface area (Å²) < 4.78 is 16.8. The summed E-state index contributed by atoms with van der Waals surface area (Å²) in [4.78, 5) is 11.2. The zero-order valence-corrected chi connectivity index (χ0v) is 18.8. The number of carbonyl (C=O) groups is 1. The van der Waals surface area contributed by atoms with Crippen molar-refractivity contribution in [2.24, 2.45) is 0 Å². The molecule has 1 rings (SSSR count). The van der Waals surface area contributed by atoms with E-state index in [4.69, 9.17) is 19.3 Å². The number of hydrogen-bond donors (Lipinski definition) is 1. The van der Waals surface area contributed by atoms with Gasteiger partial charge in [-0.25, -0.2) is 4.79 Å². The molecule has 0 aliphatic rings. The Morgan fingerprint density at radius 3 is 1.81 bits per heavy atom. The second-order valence-corrected chi connectivity index (χ2v) is 18.2. The van der Waals surface area contributed by atoms with E-state index in [0.29, 0.717) is 6.61 Å². The van der Waals surface area contributed by atoms with Crippen molar-refractivity contribution in [3.8, 4) is 11.5 Å². The average Bonchev–Trinajstić information content (AvgIpc) is 2.54. The molecule has 0 bridgehead atoms. The zero-order chi connectivity index (χ0) is 20.0. The SMILES string of the molecule is C=CC(=O)OCCOc1cc([Si](C)(C)C)c(OCCO)cc1[Si](C)(C)C. The minimum absolute atomic E-state index is 0.0136. The van der Waals surface area contributed by atoms with E-state index in [2.05, 4.69) is 58.0 Å². The molecule has 0 amide bonds. The lowest BCUT2D eigenvalue weighted by Crippen LogP contribution is -2.44. The molecule has 0 aliphatic carbocycles. The van der Waals surface area contributed by atoms with Crippen molar-refractivity contribution in [1.29, 1.82) is 0 Å². The number of aliphatic hydroxyl groups excluding tert-OH is 1. The standard InChI is InChI=1S/C19H32O5Si2/c1-8-19(21)24-12-11-23-16-14-17(25(2,3)4)15(22-10-9-20)13-18(16)26(5,6)7/h8,13-14,20H,1,9-12H2,2-7H3. The Balaban J connectivity index is 3.20. The monoisotopic (exact) mass is 396 g/mol. The van der Waals surface area contributed by atoms with Crippen molar-refractivity contribution in [1.82, 2.24) is 0 Å². The molecule has 1 aromatic rings. The van der Waals surface area contributed by atoms with Gasteiger partial charge in [0.1, 0.15) is 31.3 Å². The number of aliphatic hydroxyl groups is 1. The Kier molecular flexibility index (Phi) is 8.11. The van der Waals surface area contributed by atoms with Crippen LogP contribution in [0.4, 0.5) is 0 Å². The number of carbonyl (C=O) groups excluding carboxylic acids is 1. The Hall–Kier alpha value is -1.58. The maximum Gasteiger partial charge on any atom is 0.330 e. The Morgan fingerprint density at radius 1 is 0.962 bits per heavy atom. The average molecular weight is 397 g/mol. The molecule has 0 unspecified atom stereocenters. The van der Waals surface area contributed by atoms with Crippen molar-refractivity contribution in [2.75, 3.05) is 26.4 Å². The highest BCUT2D eigenvalue weighted by Gasteiger charge is 2.28. The molecule has 0 fully saturated rings. The number of ether oxygens (including phenoxy) is 3. The first-order valence-corrected chi connectivity index (χ1v) is 15.9. The van der Waals surface area contributed by atoms with E-state index < -0.39 is 22.1 Å². The molecule has 5 nitrogen and oxygen atoms in total. The Bertz CT molecular complexity index is 630. The summed E-state index contributed by atoms with van der Waals surface area (Å²) in [6.07, 6.45) is 1.14. The van der Waals surface area contributed by atoms with Crippen molar-refractivity contribution in [3.05, 3.63) is 24.8 Å². The molecule has 1 N–H and O–H groups in total. The van der Waals surface area contributed by atoms with E-state index in [1.165, 1.54) is 0 Å². The van der Waals surface area contributed by atoms with Gasteiger partial charge in [-0.2, -0.15) is 0 Å². The summed E-state index contributed by atoms with van der Waals surface area (Å²) in [5.41, 5.74) is 0.